The zero-order chi connectivity index (χ0) is 17.1. The molecule has 1 atom stereocenters. The number of anilines is 2. The van der Waals surface area contributed by atoms with E-state index in [1.165, 1.54) is 34.4 Å². The molecule has 0 aliphatic heterocycles. The van der Waals surface area contributed by atoms with Crippen LogP contribution in [0.1, 0.15) is 42.2 Å². The summed E-state index contributed by atoms with van der Waals surface area (Å²) >= 11 is 4.13. The van der Waals surface area contributed by atoms with Crippen LogP contribution in [0.15, 0.2) is 4.34 Å². The Hall–Kier alpha value is -1.63. The highest BCUT2D eigenvalue weighted by molar-refractivity contribution is 8.02. The van der Waals surface area contributed by atoms with Gasteiger partial charge in [0.25, 0.3) is 0 Å². The fourth-order valence-corrected chi connectivity index (χ4v) is 5.66. The van der Waals surface area contributed by atoms with Crippen LogP contribution in [-0.2, 0) is 17.6 Å². The molecule has 2 heterocycles. The smallest absolute Gasteiger partial charge is 0.238 e. The summed E-state index contributed by atoms with van der Waals surface area (Å²) in [6.07, 6.45) is 5.39. The Morgan fingerprint density at radius 3 is 2.83 bits per heavy atom. The molecule has 0 spiro atoms. The molecule has 1 aliphatic carbocycles. The number of nitrogen functional groups attached to an aromatic ring is 1. The van der Waals surface area contributed by atoms with Gasteiger partial charge in [-0.2, -0.15) is 5.26 Å². The van der Waals surface area contributed by atoms with Crippen molar-refractivity contribution in [3.05, 3.63) is 16.0 Å². The van der Waals surface area contributed by atoms with Crippen molar-refractivity contribution in [3.8, 4) is 6.07 Å². The van der Waals surface area contributed by atoms with Crippen molar-refractivity contribution in [3.63, 3.8) is 0 Å². The fourth-order valence-electron chi connectivity index (χ4n) is 2.64. The molecule has 0 saturated carbocycles. The van der Waals surface area contributed by atoms with Gasteiger partial charge >= 0.3 is 0 Å². The van der Waals surface area contributed by atoms with E-state index in [2.05, 4.69) is 21.6 Å². The molecular formula is C15H17N5OS3. The van der Waals surface area contributed by atoms with E-state index in [4.69, 9.17) is 5.73 Å². The molecule has 2 aromatic rings. The van der Waals surface area contributed by atoms with Crippen LogP contribution in [0.2, 0.25) is 0 Å². The van der Waals surface area contributed by atoms with Gasteiger partial charge in [0, 0.05) is 4.88 Å². The second-order valence-corrected chi connectivity index (χ2v) is 9.24. The molecule has 0 radical (unpaired) electrons. The Morgan fingerprint density at radius 1 is 1.33 bits per heavy atom. The van der Waals surface area contributed by atoms with E-state index in [1.807, 2.05) is 6.92 Å². The summed E-state index contributed by atoms with van der Waals surface area (Å²) in [5, 5.41) is 20.8. The molecule has 3 rings (SSSR count). The first-order valence-corrected chi connectivity index (χ1v) is 10.2. The van der Waals surface area contributed by atoms with Crippen molar-refractivity contribution in [1.82, 2.24) is 10.2 Å². The Kier molecular flexibility index (Phi) is 5.38. The first kappa shape index (κ1) is 17.2. The van der Waals surface area contributed by atoms with Gasteiger partial charge in [-0.15, -0.1) is 21.5 Å². The van der Waals surface area contributed by atoms with Crippen molar-refractivity contribution < 1.29 is 4.79 Å². The van der Waals surface area contributed by atoms with E-state index >= 15 is 0 Å². The van der Waals surface area contributed by atoms with Crippen LogP contribution in [0.4, 0.5) is 10.1 Å². The Bertz CT molecular complexity index is 792. The molecule has 24 heavy (non-hydrogen) atoms. The normalized spacial score (nSPS) is 15.2. The van der Waals surface area contributed by atoms with Gasteiger partial charge in [0.2, 0.25) is 11.0 Å². The maximum absolute atomic E-state index is 12.5. The maximum Gasteiger partial charge on any atom is 0.238 e. The lowest BCUT2D eigenvalue weighted by Crippen LogP contribution is -2.22. The number of thioether (sulfide) groups is 1. The van der Waals surface area contributed by atoms with Gasteiger partial charge in [0.1, 0.15) is 11.1 Å². The van der Waals surface area contributed by atoms with Gasteiger partial charge in [0.15, 0.2) is 4.34 Å². The van der Waals surface area contributed by atoms with Gasteiger partial charge in [-0.05, 0) is 38.2 Å². The van der Waals surface area contributed by atoms with Gasteiger partial charge in [-0.3, -0.25) is 4.79 Å². The number of hydrogen-bond donors (Lipinski definition) is 2. The molecule has 9 heteroatoms. The largest absolute Gasteiger partial charge is 0.374 e. The maximum atomic E-state index is 12.5. The van der Waals surface area contributed by atoms with Gasteiger partial charge < -0.3 is 11.1 Å². The number of aromatic nitrogens is 2. The number of nitriles is 1. The second kappa shape index (κ2) is 7.51. The third kappa shape index (κ3) is 3.71. The highest BCUT2D eigenvalue weighted by Crippen LogP contribution is 2.37. The van der Waals surface area contributed by atoms with E-state index < -0.39 is 0 Å². The summed E-state index contributed by atoms with van der Waals surface area (Å²) < 4.78 is 0.664. The first-order valence-electron chi connectivity index (χ1n) is 7.69. The van der Waals surface area contributed by atoms with Crippen LogP contribution in [0.25, 0.3) is 0 Å². The predicted octanol–water partition coefficient (Wildman–Crippen LogP) is 3.44. The van der Waals surface area contributed by atoms with E-state index in [9.17, 15) is 10.1 Å². The summed E-state index contributed by atoms with van der Waals surface area (Å²) in [7, 11) is 0. The molecule has 6 nitrogen and oxygen atoms in total. The van der Waals surface area contributed by atoms with Gasteiger partial charge in [-0.25, -0.2) is 0 Å². The monoisotopic (exact) mass is 379 g/mol. The number of amides is 1. The molecule has 126 valence electrons. The highest BCUT2D eigenvalue weighted by Gasteiger charge is 2.23. The quantitative estimate of drug-likeness (QED) is 0.623. The number of carbonyl (C=O) groups is 1. The van der Waals surface area contributed by atoms with Crippen LogP contribution in [0, 0.1) is 11.3 Å². The summed E-state index contributed by atoms with van der Waals surface area (Å²) in [6, 6.07) is 2.28. The second-order valence-electron chi connectivity index (χ2n) is 5.54. The Balaban J connectivity index is 1.73. The van der Waals surface area contributed by atoms with Gasteiger partial charge in [0.05, 0.1) is 10.8 Å². The van der Waals surface area contributed by atoms with Crippen LogP contribution >= 0.6 is 34.4 Å². The zero-order valence-electron chi connectivity index (χ0n) is 13.2. The number of nitrogens with two attached hydrogens (primary N) is 1. The summed E-state index contributed by atoms with van der Waals surface area (Å²) in [5.41, 5.74) is 7.33. The number of fused-ring (bicyclic) bond motifs is 1. The van der Waals surface area contributed by atoms with Crippen LogP contribution in [0.3, 0.4) is 0 Å². The van der Waals surface area contributed by atoms with Crippen LogP contribution < -0.4 is 11.1 Å². The number of hydrogen-bond acceptors (Lipinski definition) is 8. The lowest BCUT2D eigenvalue weighted by Gasteiger charge is -2.09. The minimum atomic E-state index is -0.342. The van der Waals surface area contributed by atoms with E-state index in [-0.39, 0.29) is 11.2 Å². The molecule has 2 aromatic heterocycles. The number of nitrogens with one attached hydrogen (secondary N) is 1. The molecular weight excluding hydrogens is 362 g/mol. The number of aryl methyl sites for hydroxylation is 1. The molecule has 1 amide bonds. The summed E-state index contributed by atoms with van der Waals surface area (Å²) in [6.45, 7) is 1.81. The minimum Gasteiger partial charge on any atom is -0.374 e. The SMILES string of the molecule is C[C@H](Sc1nnc(N)s1)C(=O)Nc1sc2c(c1C#N)CCCCC2. The third-order valence-electron chi connectivity index (χ3n) is 3.84. The predicted molar refractivity (Wildman–Crippen MR) is 98.6 cm³/mol. The van der Waals surface area contributed by atoms with E-state index in [1.54, 1.807) is 11.3 Å². The fraction of sp³-hybridized carbons (Fsp3) is 0.467. The highest BCUT2D eigenvalue weighted by atomic mass is 32.2. The molecule has 1 aliphatic rings. The lowest BCUT2D eigenvalue weighted by atomic mass is 10.1. The number of thiophene rings is 1. The summed E-state index contributed by atoms with van der Waals surface area (Å²) in [4.78, 5) is 13.7. The topological polar surface area (TPSA) is 105 Å². The number of rotatable bonds is 4. The third-order valence-corrected chi connectivity index (χ3v) is 6.98. The average Bonchev–Trinajstić information content (AvgIpc) is 3.02. The average molecular weight is 380 g/mol. The molecule has 0 unspecified atom stereocenters. The van der Waals surface area contributed by atoms with Crippen molar-refractivity contribution in [2.75, 3.05) is 11.1 Å². The molecule has 3 N–H and O–H groups in total. The van der Waals surface area contributed by atoms with Crippen molar-refractivity contribution >= 4 is 50.5 Å². The van der Waals surface area contributed by atoms with Crippen molar-refractivity contribution in [1.29, 1.82) is 5.26 Å². The minimum absolute atomic E-state index is 0.137. The van der Waals surface area contributed by atoms with Crippen LogP contribution in [-0.4, -0.2) is 21.4 Å². The van der Waals surface area contributed by atoms with Gasteiger partial charge in [-0.1, -0.05) is 29.5 Å². The standard InChI is InChI=1S/C15H17N5OS3/c1-8(22-15-20-19-14(17)24-15)12(21)18-13-10(7-16)9-5-3-2-4-6-11(9)23-13/h8H,2-6H2,1H3,(H2,17,19)(H,18,21)/t8-/m0/s1. The number of nitrogens with zero attached hydrogens (tertiary/aromatic N) is 3. The molecule has 0 bridgehead atoms. The Labute approximate surface area is 152 Å². The lowest BCUT2D eigenvalue weighted by molar-refractivity contribution is -0.115. The van der Waals surface area contributed by atoms with Crippen LogP contribution in [0.5, 0.6) is 0 Å². The van der Waals surface area contributed by atoms with E-state index in [0.29, 0.717) is 20.0 Å². The number of carbonyl (C=O) groups excluding carboxylic acids is 1. The molecule has 0 fully saturated rings. The zero-order valence-corrected chi connectivity index (χ0v) is 15.6. The molecule has 0 saturated heterocycles. The Morgan fingerprint density at radius 2 is 2.12 bits per heavy atom. The first-order chi connectivity index (χ1) is 11.6. The summed E-state index contributed by atoms with van der Waals surface area (Å²) in [5.74, 6) is -0.137. The van der Waals surface area contributed by atoms with Crippen molar-refractivity contribution in [2.45, 2.75) is 48.6 Å². The van der Waals surface area contributed by atoms with E-state index in [0.717, 1.165) is 31.2 Å². The van der Waals surface area contributed by atoms with Crippen molar-refractivity contribution in [2.24, 2.45) is 0 Å². The molecule has 0 aromatic carbocycles.